The molecule has 0 aliphatic carbocycles. The van der Waals surface area contributed by atoms with Crippen molar-refractivity contribution in [3.8, 4) is 12.3 Å². The number of hydrogen-bond acceptors (Lipinski definition) is 4. The van der Waals surface area contributed by atoms with E-state index < -0.39 is 6.10 Å². The van der Waals surface area contributed by atoms with Crippen LogP contribution >= 0.6 is 0 Å². The molecule has 4 heteroatoms. The van der Waals surface area contributed by atoms with Crippen LogP contribution in [0.5, 0.6) is 0 Å². The third kappa shape index (κ3) is 6.55. The van der Waals surface area contributed by atoms with Crippen molar-refractivity contribution >= 4 is 0 Å². The molecule has 0 saturated heterocycles. The highest BCUT2D eigenvalue weighted by Crippen LogP contribution is 1.98. The van der Waals surface area contributed by atoms with Crippen LogP contribution in [0.15, 0.2) is 0 Å². The third-order valence-electron chi connectivity index (χ3n) is 1.37. The minimum atomic E-state index is -0.421. The standard InChI is InChI=1S/C9H16O4/c1-3-4-12-7-9(6-11)13-8(2)5-10/h1,8-11H,4-7H2,2H3. The van der Waals surface area contributed by atoms with E-state index in [0.717, 1.165) is 0 Å². The van der Waals surface area contributed by atoms with Gasteiger partial charge in [-0.05, 0) is 6.92 Å². The molecule has 2 atom stereocenters. The lowest BCUT2D eigenvalue weighted by atomic mass is 10.3. The summed E-state index contributed by atoms with van der Waals surface area (Å²) in [5.74, 6) is 2.31. The Bertz CT molecular complexity index is 152. The molecule has 0 spiro atoms. The number of rotatable bonds is 7. The summed E-state index contributed by atoms with van der Waals surface area (Å²) in [5, 5.41) is 17.5. The molecule has 0 aromatic heterocycles. The molecular weight excluding hydrogens is 172 g/mol. The number of aliphatic hydroxyl groups is 2. The number of hydrogen-bond donors (Lipinski definition) is 2. The maximum absolute atomic E-state index is 8.83. The molecule has 4 nitrogen and oxygen atoms in total. The van der Waals surface area contributed by atoms with E-state index in [1.807, 2.05) is 0 Å². The fourth-order valence-electron chi connectivity index (χ4n) is 0.756. The number of aliphatic hydroxyl groups excluding tert-OH is 2. The first kappa shape index (κ1) is 12.4. The number of terminal acetylenes is 1. The van der Waals surface area contributed by atoms with Crippen molar-refractivity contribution in [1.82, 2.24) is 0 Å². The van der Waals surface area contributed by atoms with Crippen LogP contribution in [0.1, 0.15) is 6.92 Å². The van der Waals surface area contributed by atoms with Gasteiger partial charge in [-0.15, -0.1) is 6.42 Å². The van der Waals surface area contributed by atoms with Gasteiger partial charge in [0.25, 0.3) is 0 Å². The van der Waals surface area contributed by atoms with Gasteiger partial charge in [0.2, 0.25) is 0 Å². The summed E-state index contributed by atoms with van der Waals surface area (Å²) in [7, 11) is 0. The molecule has 0 fully saturated rings. The summed E-state index contributed by atoms with van der Waals surface area (Å²) in [6.45, 7) is 1.93. The van der Waals surface area contributed by atoms with E-state index in [9.17, 15) is 0 Å². The van der Waals surface area contributed by atoms with Gasteiger partial charge in [-0.1, -0.05) is 5.92 Å². The molecule has 13 heavy (non-hydrogen) atoms. The van der Waals surface area contributed by atoms with E-state index in [1.165, 1.54) is 0 Å². The van der Waals surface area contributed by atoms with Crippen molar-refractivity contribution in [2.75, 3.05) is 26.4 Å². The Hall–Kier alpha value is -0.600. The fraction of sp³-hybridized carbons (Fsp3) is 0.778. The van der Waals surface area contributed by atoms with Gasteiger partial charge in [-0.25, -0.2) is 0 Å². The average molecular weight is 188 g/mol. The zero-order valence-corrected chi connectivity index (χ0v) is 7.77. The Labute approximate surface area is 78.5 Å². The molecule has 0 radical (unpaired) electrons. The molecule has 0 rings (SSSR count). The minimum absolute atomic E-state index is 0.0777. The van der Waals surface area contributed by atoms with Crippen molar-refractivity contribution in [2.24, 2.45) is 0 Å². The summed E-state index contributed by atoms with van der Waals surface area (Å²) in [6.07, 6.45) is 4.25. The molecule has 0 aromatic carbocycles. The largest absolute Gasteiger partial charge is 0.394 e. The molecule has 0 aliphatic heterocycles. The number of ether oxygens (including phenoxy) is 2. The van der Waals surface area contributed by atoms with E-state index in [-0.39, 0.29) is 32.5 Å². The Morgan fingerprint density at radius 1 is 1.38 bits per heavy atom. The van der Waals surface area contributed by atoms with Crippen LogP contribution in [0, 0.1) is 12.3 Å². The van der Waals surface area contributed by atoms with Crippen LogP contribution < -0.4 is 0 Å². The molecule has 0 aliphatic rings. The minimum Gasteiger partial charge on any atom is -0.394 e. The van der Waals surface area contributed by atoms with Crippen LogP contribution in [-0.2, 0) is 9.47 Å². The molecule has 0 heterocycles. The van der Waals surface area contributed by atoms with E-state index in [2.05, 4.69) is 5.92 Å². The van der Waals surface area contributed by atoms with E-state index in [1.54, 1.807) is 6.92 Å². The predicted octanol–water partition coefficient (Wildman–Crippen LogP) is -0.606. The Morgan fingerprint density at radius 3 is 2.54 bits per heavy atom. The zero-order valence-electron chi connectivity index (χ0n) is 7.77. The zero-order chi connectivity index (χ0) is 10.1. The van der Waals surface area contributed by atoms with Crippen LogP contribution in [0.2, 0.25) is 0 Å². The second kappa shape index (κ2) is 8.02. The monoisotopic (exact) mass is 188 g/mol. The fourth-order valence-corrected chi connectivity index (χ4v) is 0.756. The molecule has 0 bridgehead atoms. The normalized spacial score (nSPS) is 14.9. The molecule has 2 N–H and O–H groups in total. The van der Waals surface area contributed by atoms with Crippen LogP contribution in [0.25, 0.3) is 0 Å². The van der Waals surface area contributed by atoms with Gasteiger partial charge < -0.3 is 19.7 Å². The van der Waals surface area contributed by atoms with Crippen molar-refractivity contribution < 1.29 is 19.7 Å². The second-order valence-electron chi connectivity index (χ2n) is 2.65. The van der Waals surface area contributed by atoms with Gasteiger partial charge in [-0.3, -0.25) is 0 Å². The molecule has 2 unspecified atom stereocenters. The average Bonchev–Trinajstić information content (AvgIpc) is 2.16. The quantitative estimate of drug-likeness (QED) is 0.413. The summed E-state index contributed by atoms with van der Waals surface area (Å²) in [4.78, 5) is 0. The maximum Gasteiger partial charge on any atom is 0.107 e. The predicted molar refractivity (Wildman–Crippen MR) is 48.2 cm³/mol. The lowest BCUT2D eigenvalue weighted by molar-refractivity contribution is -0.0821. The van der Waals surface area contributed by atoms with Gasteiger partial charge in [0, 0.05) is 0 Å². The second-order valence-corrected chi connectivity index (χ2v) is 2.65. The smallest absolute Gasteiger partial charge is 0.107 e. The highest BCUT2D eigenvalue weighted by Gasteiger charge is 2.11. The van der Waals surface area contributed by atoms with Gasteiger partial charge >= 0.3 is 0 Å². The Balaban J connectivity index is 3.57. The highest BCUT2D eigenvalue weighted by atomic mass is 16.5. The van der Waals surface area contributed by atoms with Gasteiger partial charge in [-0.2, -0.15) is 0 Å². The van der Waals surface area contributed by atoms with Crippen LogP contribution in [0.4, 0.5) is 0 Å². The molecule has 0 aromatic rings. The summed E-state index contributed by atoms with van der Waals surface area (Å²) < 4.78 is 10.2. The molecular formula is C9H16O4. The third-order valence-corrected chi connectivity index (χ3v) is 1.37. The van der Waals surface area contributed by atoms with Gasteiger partial charge in [0.05, 0.1) is 25.9 Å². The van der Waals surface area contributed by atoms with Gasteiger partial charge in [0.15, 0.2) is 0 Å². The molecule has 76 valence electrons. The van der Waals surface area contributed by atoms with E-state index >= 15 is 0 Å². The summed E-state index contributed by atoms with van der Waals surface area (Å²) in [6, 6.07) is 0. The van der Waals surface area contributed by atoms with Crippen molar-refractivity contribution in [3.63, 3.8) is 0 Å². The Kier molecular flexibility index (Phi) is 7.65. The summed E-state index contributed by atoms with van der Waals surface area (Å²) >= 11 is 0. The summed E-state index contributed by atoms with van der Waals surface area (Å²) in [5.41, 5.74) is 0. The topological polar surface area (TPSA) is 58.9 Å². The molecule has 0 amide bonds. The lowest BCUT2D eigenvalue weighted by Gasteiger charge is -2.18. The molecule has 0 saturated carbocycles. The van der Waals surface area contributed by atoms with Crippen molar-refractivity contribution in [2.45, 2.75) is 19.1 Å². The van der Waals surface area contributed by atoms with Crippen LogP contribution in [0.3, 0.4) is 0 Å². The first-order chi connectivity index (χ1) is 6.24. The lowest BCUT2D eigenvalue weighted by Crippen LogP contribution is -2.29. The van der Waals surface area contributed by atoms with Crippen LogP contribution in [-0.4, -0.2) is 48.8 Å². The Morgan fingerprint density at radius 2 is 2.08 bits per heavy atom. The highest BCUT2D eigenvalue weighted by molar-refractivity contribution is 4.83. The van der Waals surface area contributed by atoms with E-state index in [0.29, 0.717) is 0 Å². The van der Waals surface area contributed by atoms with Gasteiger partial charge in [0.1, 0.15) is 12.7 Å². The van der Waals surface area contributed by atoms with E-state index in [4.69, 9.17) is 26.1 Å². The first-order valence-electron chi connectivity index (χ1n) is 4.13. The van der Waals surface area contributed by atoms with Crippen molar-refractivity contribution in [3.05, 3.63) is 0 Å². The van der Waals surface area contributed by atoms with Crippen molar-refractivity contribution in [1.29, 1.82) is 0 Å². The SMILES string of the molecule is C#CCOCC(CO)OC(C)CO. The first-order valence-corrected chi connectivity index (χ1v) is 4.13. The maximum atomic E-state index is 8.83.